The van der Waals surface area contributed by atoms with E-state index in [9.17, 15) is 21.6 Å². The van der Waals surface area contributed by atoms with Crippen molar-refractivity contribution in [2.24, 2.45) is 0 Å². The highest BCUT2D eigenvalue weighted by atomic mass is 35.5. The van der Waals surface area contributed by atoms with E-state index in [1.807, 2.05) is 0 Å². The molecule has 0 aliphatic heterocycles. The largest absolute Gasteiger partial charge is 0.504 e. The number of anilines is 1. The van der Waals surface area contributed by atoms with Gasteiger partial charge in [0, 0.05) is 22.1 Å². The molecule has 2 N–H and O–H groups in total. The molecular weight excluding hydrogens is 357 g/mol. The maximum atomic E-state index is 12.5. The molecule has 2 heterocycles. The van der Waals surface area contributed by atoms with Crippen LogP contribution in [0.3, 0.4) is 0 Å². The van der Waals surface area contributed by atoms with E-state index < -0.39 is 16.3 Å². The fourth-order valence-corrected chi connectivity index (χ4v) is 3.40. The van der Waals surface area contributed by atoms with E-state index in [1.165, 1.54) is 24.4 Å². The van der Waals surface area contributed by atoms with Crippen molar-refractivity contribution in [2.45, 2.75) is 11.2 Å². The first-order valence-corrected chi connectivity index (χ1v) is 7.94. The van der Waals surface area contributed by atoms with Crippen LogP contribution in [0.25, 0.3) is 10.9 Å². The molecule has 0 unspecified atom stereocenters. The van der Waals surface area contributed by atoms with Gasteiger partial charge < -0.3 is 4.98 Å². The van der Waals surface area contributed by atoms with E-state index in [0.29, 0.717) is 22.1 Å². The minimum Gasteiger partial charge on any atom is -0.360 e. The predicted octanol–water partition coefficient (Wildman–Crippen LogP) is 3.29. The van der Waals surface area contributed by atoms with Crippen molar-refractivity contribution >= 4 is 38.2 Å². The molecule has 0 radical (unpaired) electrons. The monoisotopic (exact) mass is 364 g/mol. The first-order valence-electron chi connectivity index (χ1n) is 6.08. The van der Waals surface area contributed by atoms with Crippen LogP contribution in [0.5, 0.6) is 0 Å². The van der Waals surface area contributed by atoms with Crippen molar-refractivity contribution in [1.82, 2.24) is 14.8 Å². The number of hydrogen-bond acceptors (Lipinski definition) is 3. The second kappa shape index (κ2) is 5.17. The van der Waals surface area contributed by atoms with Gasteiger partial charge >= 0.3 is 6.30 Å². The Morgan fingerprint density at radius 2 is 2.04 bits per heavy atom. The Bertz CT molecular complexity index is 978. The summed E-state index contributed by atoms with van der Waals surface area (Å²) in [7, 11) is -4.09. The molecule has 0 saturated carbocycles. The van der Waals surface area contributed by atoms with Gasteiger partial charge in [0.15, 0.2) is 0 Å². The summed E-state index contributed by atoms with van der Waals surface area (Å²) < 4.78 is 63.8. The van der Waals surface area contributed by atoms with Crippen molar-refractivity contribution in [3.63, 3.8) is 0 Å². The van der Waals surface area contributed by atoms with Crippen molar-refractivity contribution in [2.75, 3.05) is 4.72 Å². The number of benzene rings is 1. The summed E-state index contributed by atoms with van der Waals surface area (Å²) in [5.74, 6) is 0. The molecule has 0 fully saturated rings. The number of fused-ring (bicyclic) bond motifs is 1. The smallest absolute Gasteiger partial charge is 0.360 e. The fourth-order valence-electron chi connectivity index (χ4n) is 2.02. The third-order valence-corrected chi connectivity index (χ3v) is 4.65. The molecule has 0 aliphatic rings. The molecule has 0 saturated heterocycles. The van der Waals surface area contributed by atoms with Crippen LogP contribution in [0.2, 0.25) is 5.02 Å². The fraction of sp³-hybridized carbons (Fsp3) is 0.0833. The molecule has 0 atom stereocenters. The zero-order chi connectivity index (χ0) is 16.8. The Kier molecular flexibility index (Phi) is 3.52. The van der Waals surface area contributed by atoms with Crippen LogP contribution < -0.4 is 4.72 Å². The van der Waals surface area contributed by atoms with Crippen LogP contribution in [0.1, 0.15) is 0 Å². The minimum absolute atomic E-state index is 0.107. The van der Waals surface area contributed by atoms with Crippen molar-refractivity contribution < 1.29 is 21.6 Å². The number of hydrogen-bond donors (Lipinski definition) is 2. The second-order valence-corrected chi connectivity index (χ2v) is 6.68. The van der Waals surface area contributed by atoms with Crippen molar-refractivity contribution in [3.8, 4) is 0 Å². The zero-order valence-electron chi connectivity index (χ0n) is 11.1. The van der Waals surface area contributed by atoms with Crippen molar-refractivity contribution in [3.05, 3.63) is 41.8 Å². The summed E-state index contributed by atoms with van der Waals surface area (Å²) in [5, 5.41) is 3.85. The van der Waals surface area contributed by atoms with Gasteiger partial charge in [0.05, 0.1) is 18.1 Å². The van der Waals surface area contributed by atoms with Crippen LogP contribution in [-0.4, -0.2) is 23.2 Å². The number of halogens is 4. The molecule has 3 aromatic rings. The van der Waals surface area contributed by atoms with Gasteiger partial charge in [-0.1, -0.05) is 11.6 Å². The van der Waals surface area contributed by atoms with Crippen LogP contribution in [0, 0.1) is 0 Å². The number of alkyl halides is 3. The van der Waals surface area contributed by atoms with E-state index in [1.54, 1.807) is 0 Å². The molecule has 11 heteroatoms. The summed E-state index contributed by atoms with van der Waals surface area (Å²) in [4.78, 5) is 2.64. The van der Waals surface area contributed by atoms with Crippen LogP contribution in [0.15, 0.2) is 41.7 Å². The highest BCUT2D eigenvalue weighted by molar-refractivity contribution is 7.93. The lowest BCUT2D eigenvalue weighted by atomic mass is 10.2. The molecule has 23 heavy (non-hydrogen) atoms. The van der Waals surface area contributed by atoms with Gasteiger partial charge in [-0.05, 0) is 18.2 Å². The van der Waals surface area contributed by atoms with E-state index in [2.05, 4.69) is 14.8 Å². The van der Waals surface area contributed by atoms with Crippen LogP contribution >= 0.6 is 11.6 Å². The van der Waals surface area contributed by atoms with Gasteiger partial charge in [0.25, 0.3) is 10.0 Å². The molecule has 0 spiro atoms. The molecule has 1 aromatic carbocycles. The molecule has 122 valence electrons. The SMILES string of the molecule is O=S(=O)(Nc1cnn(C(F)(F)F)c1)c1c[nH]c2cc(Cl)ccc12. The number of aromatic amines is 1. The lowest BCUT2D eigenvalue weighted by Crippen LogP contribution is -2.17. The number of sulfonamides is 1. The molecule has 0 bridgehead atoms. The van der Waals surface area contributed by atoms with Gasteiger partial charge in [-0.15, -0.1) is 13.2 Å². The second-order valence-electron chi connectivity index (χ2n) is 4.59. The highest BCUT2D eigenvalue weighted by Gasteiger charge is 2.32. The Hall–Kier alpha value is -2.20. The number of H-pyrrole nitrogens is 1. The number of aromatic nitrogens is 3. The summed E-state index contributed by atoms with van der Waals surface area (Å²) in [6.45, 7) is 0. The summed E-state index contributed by atoms with van der Waals surface area (Å²) in [6, 6.07) is 4.55. The van der Waals surface area contributed by atoms with E-state index in [4.69, 9.17) is 11.6 Å². The van der Waals surface area contributed by atoms with Gasteiger partial charge in [0.1, 0.15) is 4.90 Å². The predicted molar refractivity (Wildman–Crippen MR) is 77.6 cm³/mol. The molecule has 2 aromatic heterocycles. The highest BCUT2D eigenvalue weighted by Crippen LogP contribution is 2.28. The molecule has 0 amide bonds. The van der Waals surface area contributed by atoms with Gasteiger partial charge in [-0.2, -0.15) is 9.78 Å². The lowest BCUT2D eigenvalue weighted by Gasteiger charge is -2.06. The van der Waals surface area contributed by atoms with Crippen LogP contribution in [-0.2, 0) is 16.3 Å². The molecule has 0 aliphatic carbocycles. The maximum Gasteiger partial charge on any atom is 0.504 e. The van der Waals surface area contributed by atoms with E-state index in [-0.39, 0.29) is 15.3 Å². The summed E-state index contributed by atoms with van der Waals surface area (Å²) in [6.07, 6.45) is -2.17. The van der Waals surface area contributed by atoms with Gasteiger partial charge in [-0.3, -0.25) is 4.72 Å². The number of nitrogens with zero attached hydrogens (tertiary/aromatic N) is 2. The molecule has 6 nitrogen and oxygen atoms in total. The third kappa shape index (κ3) is 2.99. The van der Waals surface area contributed by atoms with Crippen molar-refractivity contribution in [1.29, 1.82) is 0 Å². The van der Waals surface area contributed by atoms with E-state index >= 15 is 0 Å². The Morgan fingerprint density at radius 3 is 2.70 bits per heavy atom. The van der Waals surface area contributed by atoms with Gasteiger partial charge in [0.2, 0.25) is 0 Å². The number of rotatable bonds is 3. The minimum atomic E-state index is -4.72. The normalized spacial score (nSPS) is 12.7. The van der Waals surface area contributed by atoms with Gasteiger partial charge in [-0.25, -0.2) is 8.42 Å². The standard InChI is InChI=1S/C12H8ClF3N4O2S/c13-7-1-2-9-10(3-7)17-5-11(9)23(21,22)19-8-4-18-20(6-8)12(14,15)16/h1-6,17,19H. The summed E-state index contributed by atoms with van der Waals surface area (Å²) >= 11 is 5.81. The Labute approximate surface area is 132 Å². The average molecular weight is 365 g/mol. The Balaban J connectivity index is 1.96. The first-order chi connectivity index (χ1) is 10.7. The molecular formula is C12H8ClF3N4O2S. The zero-order valence-corrected chi connectivity index (χ0v) is 12.7. The number of nitrogens with one attached hydrogen (secondary N) is 2. The maximum absolute atomic E-state index is 12.5. The van der Waals surface area contributed by atoms with Crippen LogP contribution in [0.4, 0.5) is 18.9 Å². The van der Waals surface area contributed by atoms with E-state index in [0.717, 1.165) is 6.20 Å². The quantitative estimate of drug-likeness (QED) is 0.748. The topological polar surface area (TPSA) is 79.8 Å². The average Bonchev–Trinajstić information content (AvgIpc) is 3.03. The Morgan fingerprint density at radius 1 is 1.30 bits per heavy atom. The first kappa shape index (κ1) is 15.7. The lowest BCUT2D eigenvalue weighted by molar-refractivity contribution is -0.212. The molecule has 3 rings (SSSR count). The summed E-state index contributed by atoms with van der Waals surface area (Å²) in [5.41, 5.74) is 0.189. The third-order valence-electron chi connectivity index (χ3n) is 2.99.